The molecule has 3 atom stereocenters. The number of esters is 1. The molecule has 2 aliphatic heterocycles. The van der Waals surface area contributed by atoms with Crippen LogP contribution in [0.25, 0.3) is 0 Å². The minimum atomic E-state index is -0.484. The molecular weight excluding hydrogens is 322 g/mol. The van der Waals surface area contributed by atoms with Crippen molar-refractivity contribution in [2.45, 2.75) is 31.7 Å². The molecule has 0 radical (unpaired) electrons. The molecule has 0 N–H and O–H groups in total. The van der Waals surface area contributed by atoms with Gasteiger partial charge >= 0.3 is 5.97 Å². The van der Waals surface area contributed by atoms with Crippen LogP contribution in [-0.4, -0.2) is 43.3 Å². The lowest BCUT2D eigenvalue weighted by molar-refractivity contribution is -0.152. The van der Waals surface area contributed by atoms with E-state index in [0.717, 1.165) is 12.0 Å². The number of rotatable bonds is 5. The predicted octanol–water partition coefficient (Wildman–Crippen LogP) is 2.49. The summed E-state index contributed by atoms with van der Waals surface area (Å²) in [5.74, 6) is 0.448. The second kappa shape index (κ2) is 7.17. The number of carbonyl (C=O) groups is 2. The predicted molar refractivity (Wildman–Crippen MR) is 91.4 cm³/mol. The molecule has 6 heteroatoms. The molecule has 2 aliphatic rings. The van der Waals surface area contributed by atoms with Gasteiger partial charge in [0.05, 0.1) is 7.11 Å². The lowest BCUT2D eigenvalue weighted by Crippen LogP contribution is -2.44. The normalized spacial score (nSPS) is 20.9. The molecular formula is C19H23NO5. The number of ether oxygens (including phenoxy) is 3. The van der Waals surface area contributed by atoms with Crippen LogP contribution in [0.2, 0.25) is 0 Å². The largest absolute Gasteiger partial charge is 0.467 e. The van der Waals surface area contributed by atoms with E-state index in [1.165, 1.54) is 7.11 Å². The number of nitrogens with zero attached hydrogens (tertiary/aromatic N) is 1. The van der Waals surface area contributed by atoms with Gasteiger partial charge in [0, 0.05) is 18.4 Å². The van der Waals surface area contributed by atoms with Crippen LogP contribution in [-0.2, 0) is 14.3 Å². The highest BCUT2D eigenvalue weighted by atomic mass is 16.7. The average Bonchev–Trinajstić information content (AvgIpc) is 3.29. The number of carbonyl (C=O) groups excluding carboxylic acids is 2. The summed E-state index contributed by atoms with van der Waals surface area (Å²) in [5, 5.41) is 0. The molecule has 0 unspecified atom stereocenters. The van der Waals surface area contributed by atoms with Crippen LogP contribution >= 0.6 is 0 Å². The molecule has 1 amide bonds. The van der Waals surface area contributed by atoms with Gasteiger partial charge in [-0.15, -0.1) is 6.58 Å². The van der Waals surface area contributed by atoms with Crippen LogP contribution in [0.15, 0.2) is 30.9 Å². The molecule has 0 bridgehead atoms. The highest BCUT2D eigenvalue weighted by molar-refractivity contribution is 5.87. The summed E-state index contributed by atoms with van der Waals surface area (Å²) in [4.78, 5) is 26.6. The summed E-state index contributed by atoms with van der Waals surface area (Å²) >= 11 is 0. The second-order valence-corrected chi connectivity index (χ2v) is 6.38. The standard InChI is InChI=1S/C19H23NO5/c1-4-14(13-7-8-16-17(10-13)25-11-24-16)12(2)18(21)20-9-5-6-15(20)19(22)23-3/h4,7-8,10,12,14-15H,1,5-6,9,11H2,2-3H3/t12-,14+,15-/m0/s1. The Morgan fingerprint density at radius 1 is 1.36 bits per heavy atom. The summed E-state index contributed by atoms with van der Waals surface area (Å²) in [7, 11) is 1.35. The van der Waals surface area contributed by atoms with Crippen LogP contribution in [0.1, 0.15) is 31.2 Å². The first-order valence-corrected chi connectivity index (χ1v) is 8.47. The van der Waals surface area contributed by atoms with E-state index in [0.29, 0.717) is 24.5 Å². The van der Waals surface area contributed by atoms with Crippen LogP contribution in [0.3, 0.4) is 0 Å². The van der Waals surface area contributed by atoms with Crippen molar-refractivity contribution in [1.82, 2.24) is 4.90 Å². The minimum Gasteiger partial charge on any atom is -0.467 e. The van der Waals surface area contributed by atoms with Crippen molar-refractivity contribution in [3.63, 3.8) is 0 Å². The van der Waals surface area contributed by atoms with Gasteiger partial charge in [0.25, 0.3) is 0 Å². The van der Waals surface area contributed by atoms with Gasteiger partial charge in [-0.05, 0) is 30.5 Å². The van der Waals surface area contributed by atoms with E-state index in [4.69, 9.17) is 14.2 Å². The average molecular weight is 345 g/mol. The Kier molecular flexibility index (Phi) is 4.97. The number of fused-ring (bicyclic) bond motifs is 1. The lowest BCUT2D eigenvalue weighted by Gasteiger charge is -2.29. The van der Waals surface area contributed by atoms with Crippen LogP contribution < -0.4 is 9.47 Å². The fourth-order valence-corrected chi connectivity index (χ4v) is 3.58. The number of hydrogen-bond acceptors (Lipinski definition) is 5. The Hall–Kier alpha value is -2.50. The monoisotopic (exact) mass is 345 g/mol. The summed E-state index contributed by atoms with van der Waals surface area (Å²) in [6.45, 7) is 6.55. The zero-order valence-corrected chi connectivity index (χ0v) is 14.6. The molecule has 1 saturated heterocycles. The first kappa shape index (κ1) is 17.3. The molecule has 25 heavy (non-hydrogen) atoms. The lowest BCUT2D eigenvalue weighted by atomic mass is 9.86. The zero-order valence-electron chi connectivity index (χ0n) is 14.6. The fourth-order valence-electron chi connectivity index (χ4n) is 3.58. The SMILES string of the molecule is C=C[C@@H](c1ccc2c(c1)OCO2)[C@H](C)C(=O)N1CCC[C@H]1C(=O)OC. The van der Waals surface area contributed by atoms with Gasteiger partial charge in [0.2, 0.25) is 12.7 Å². The van der Waals surface area contributed by atoms with Crippen molar-refractivity contribution in [2.24, 2.45) is 5.92 Å². The molecule has 134 valence electrons. The van der Waals surface area contributed by atoms with Crippen molar-refractivity contribution in [1.29, 1.82) is 0 Å². The Balaban J connectivity index is 1.80. The Labute approximate surface area is 147 Å². The molecule has 6 nitrogen and oxygen atoms in total. The first-order chi connectivity index (χ1) is 12.1. The van der Waals surface area contributed by atoms with Gasteiger partial charge in [-0.25, -0.2) is 4.79 Å². The topological polar surface area (TPSA) is 65.1 Å². The van der Waals surface area contributed by atoms with E-state index in [9.17, 15) is 9.59 Å². The second-order valence-electron chi connectivity index (χ2n) is 6.38. The van der Waals surface area contributed by atoms with Gasteiger partial charge in [-0.3, -0.25) is 4.79 Å². The maximum absolute atomic E-state index is 13.0. The number of hydrogen-bond donors (Lipinski definition) is 0. The van der Waals surface area contributed by atoms with E-state index in [1.807, 2.05) is 25.1 Å². The molecule has 0 saturated carbocycles. The quantitative estimate of drug-likeness (QED) is 0.606. The number of benzene rings is 1. The number of methoxy groups -OCH3 is 1. The zero-order chi connectivity index (χ0) is 18.0. The molecule has 0 aliphatic carbocycles. The third kappa shape index (κ3) is 3.21. The smallest absolute Gasteiger partial charge is 0.328 e. The van der Waals surface area contributed by atoms with Gasteiger partial charge in [0.1, 0.15) is 6.04 Å². The summed E-state index contributed by atoms with van der Waals surface area (Å²) < 4.78 is 15.6. The van der Waals surface area contributed by atoms with Crippen molar-refractivity contribution < 1.29 is 23.8 Å². The molecule has 0 aromatic heterocycles. The van der Waals surface area contributed by atoms with Crippen LogP contribution in [0.4, 0.5) is 0 Å². The summed E-state index contributed by atoms with van der Waals surface area (Å²) in [6, 6.07) is 5.17. The van der Waals surface area contributed by atoms with Gasteiger partial charge in [0.15, 0.2) is 11.5 Å². The summed E-state index contributed by atoms with van der Waals surface area (Å²) in [6.07, 6.45) is 3.22. The van der Waals surface area contributed by atoms with E-state index in [1.54, 1.807) is 11.0 Å². The van der Waals surface area contributed by atoms with E-state index < -0.39 is 6.04 Å². The summed E-state index contributed by atoms with van der Waals surface area (Å²) in [5.41, 5.74) is 0.939. The Morgan fingerprint density at radius 3 is 2.84 bits per heavy atom. The molecule has 0 spiro atoms. The van der Waals surface area contributed by atoms with Crippen molar-refractivity contribution in [3.8, 4) is 11.5 Å². The maximum atomic E-state index is 13.0. The van der Waals surface area contributed by atoms with E-state index in [-0.39, 0.29) is 30.5 Å². The molecule has 3 rings (SSSR count). The van der Waals surface area contributed by atoms with Gasteiger partial charge in [-0.1, -0.05) is 19.1 Å². The van der Waals surface area contributed by atoms with Crippen LogP contribution in [0.5, 0.6) is 11.5 Å². The van der Waals surface area contributed by atoms with Crippen LogP contribution in [0, 0.1) is 5.92 Å². The van der Waals surface area contributed by atoms with Crippen molar-refractivity contribution in [3.05, 3.63) is 36.4 Å². The highest BCUT2D eigenvalue weighted by Crippen LogP contribution is 2.37. The number of amides is 1. The minimum absolute atomic E-state index is 0.0598. The molecule has 1 aromatic carbocycles. The molecule has 2 heterocycles. The van der Waals surface area contributed by atoms with Crippen molar-refractivity contribution in [2.75, 3.05) is 20.4 Å². The highest BCUT2D eigenvalue weighted by Gasteiger charge is 2.38. The third-order valence-corrected chi connectivity index (χ3v) is 4.97. The first-order valence-electron chi connectivity index (χ1n) is 8.47. The number of likely N-dealkylation sites (tertiary alicyclic amines) is 1. The van der Waals surface area contributed by atoms with E-state index in [2.05, 4.69) is 6.58 Å². The fraction of sp³-hybridized carbons (Fsp3) is 0.474. The van der Waals surface area contributed by atoms with Crippen molar-refractivity contribution >= 4 is 11.9 Å². The molecule has 1 fully saturated rings. The maximum Gasteiger partial charge on any atom is 0.328 e. The third-order valence-electron chi connectivity index (χ3n) is 4.97. The Morgan fingerprint density at radius 2 is 2.12 bits per heavy atom. The van der Waals surface area contributed by atoms with Gasteiger partial charge < -0.3 is 19.1 Å². The van der Waals surface area contributed by atoms with E-state index >= 15 is 0 Å². The number of allylic oxidation sites excluding steroid dienone is 1. The Bertz CT molecular complexity index is 686. The van der Waals surface area contributed by atoms with Gasteiger partial charge in [-0.2, -0.15) is 0 Å². The molecule has 1 aromatic rings.